The maximum absolute atomic E-state index is 14.1. The number of carbonyl (C=O) groups excluding carboxylic acids is 3. The molecular weight excluding hydrogens is 1100 g/mol. The fraction of sp³-hybridized carbons (Fsp3) is 0.875. The fourth-order valence-electron chi connectivity index (χ4n) is 14.8. The molecule has 4 aliphatic heterocycles. The molecule has 0 spiro atoms. The normalized spacial score (nSPS) is 47.4. The van der Waals surface area contributed by atoms with Gasteiger partial charge in [-0.25, -0.2) is 4.79 Å². The molecule has 0 aromatic heterocycles. The highest BCUT2D eigenvalue weighted by Gasteiger charge is 2.62. The smallest absolute Gasteiger partial charge is 0.336 e. The van der Waals surface area contributed by atoms with Crippen molar-refractivity contribution >= 4 is 17.9 Å². The lowest BCUT2D eigenvalue weighted by molar-refractivity contribution is -0.381. The number of ether oxygens (including phenoxy) is 10. The van der Waals surface area contributed by atoms with Crippen molar-refractivity contribution in [1.29, 1.82) is 0 Å². The average molecular weight is 1190 g/mol. The zero-order valence-electron chi connectivity index (χ0n) is 47.8. The molecule has 30 atom stereocenters. The summed E-state index contributed by atoms with van der Waals surface area (Å²) >= 11 is 0. The van der Waals surface area contributed by atoms with Crippen LogP contribution in [-0.4, -0.2) is 257 Å². The average Bonchev–Trinajstić information content (AvgIpc) is 2.49. The lowest BCUT2D eigenvalue weighted by Gasteiger charge is -2.60. The van der Waals surface area contributed by atoms with E-state index in [0.29, 0.717) is 12.0 Å². The zero-order valence-corrected chi connectivity index (χ0v) is 47.8. The first kappa shape index (κ1) is 66.0. The number of hydrogen-bond donors (Lipinski definition) is 14. The van der Waals surface area contributed by atoms with E-state index < -0.39 is 191 Å². The summed E-state index contributed by atoms with van der Waals surface area (Å²) in [5.41, 5.74) is 0.803. The van der Waals surface area contributed by atoms with Crippen molar-refractivity contribution in [3.63, 3.8) is 0 Å². The lowest BCUT2D eigenvalue weighted by Crippen LogP contribution is -2.66. The molecule has 4 aliphatic carbocycles. The molecule has 8 aliphatic rings. The maximum Gasteiger partial charge on any atom is 0.336 e. The van der Waals surface area contributed by atoms with Crippen molar-refractivity contribution in [2.75, 3.05) is 26.4 Å². The molecule has 0 amide bonds. The predicted octanol–water partition coefficient (Wildman–Crippen LogP) is -3.42. The van der Waals surface area contributed by atoms with E-state index in [-0.39, 0.29) is 53.4 Å². The number of aliphatic hydroxyl groups excluding tert-OH is 14. The molecule has 0 unspecified atom stereocenters. The first-order valence-electron chi connectivity index (χ1n) is 28.9. The van der Waals surface area contributed by atoms with Crippen LogP contribution in [0.3, 0.4) is 0 Å². The molecule has 0 bridgehead atoms. The molecule has 0 aromatic rings. The second kappa shape index (κ2) is 26.8. The van der Waals surface area contributed by atoms with E-state index in [1.807, 2.05) is 6.92 Å². The number of esters is 3. The van der Waals surface area contributed by atoms with Gasteiger partial charge in [-0.15, -0.1) is 0 Å². The summed E-state index contributed by atoms with van der Waals surface area (Å²) in [7, 11) is 0. The van der Waals surface area contributed by atoms with Crippen LogP contribution >= 0.6 is 0 Å². The third-order valence-corrected chi connectivity index (χ3v) is 20.0. The van der Waals surface area contributed by atoms with E-state index in [0.717, 1.165) is 51.5 Å². The molecule has 474 valence electrons. The molecule has 0 aromatic carbocycles. The van der Waals surface area contributed by atoms with E-state index in [9.17, 15) is 85.9 Å². The van der Waals surface area contributed by atoms with Crippen LogP contribution in [0.5, 0.6) is 0 Å². The van der Waals surface area contributed by atoms with Gasteiger partial charge >= 0.3 is 17.9 Å². The number of aliphatic hydroxyl groups is 14. The molecule has 14 N–H and O–H groups in total. The molecule has 27 nitrogen and oxygen atoms in total. The molecule has 4 heterocycles. The summed E-state index contributed by atoms with van der Waals surface area (Å²) < 4.78 is 56.7. The van der Waals surface area contributed by atoms with E-state index in [1.165, 1.54) is 6.92 Å². The number of fused-ring (bicyclic) bond motifs is 5. The monoisotopic (exact) mass is 1190 g/mol. The van der Waals surface area contributed by atoms with E-state index in [1.54, 1.807) is 6.92 Å². The fourth-order valence-corrected chi connectivity index (χ4v) is 14.8. The van der Waals surface area contributed by atoms with Crippen LogP contribution in [0.1, 0.15) is 99.8 Å². The van der Waals surface area contributed by atoms with Gasteiger partial charge in [-0.2, -0.15) is 0 Å². The summed E-state index contributed by atoms with van der Waals surface area (Å²) in [5.74, 6) is -2.10. The first-order chi connectivity index (χ1) is 39.1. The minimum atomic E-state index is -2.13. The Morgan fingerprint density at radius 3 is 1.70 bits per heavy atom. The minimum absolute atomic E-state index is 0.0377. The lowest BCUT2D eigenvalue weighted by atomic mass is 9.46. The number of rotatable bonds is 18. The highest BCUT2D eigenvalue weighted by molar-refractivity contribution is 5.88. The van der Waals surface area contributed by atoms with Gasteiger partial charge in [0.2, 0.25) is 6.29 Å². The van der Waals surface area contributed by atoms with Gasteiger partial charge in [-0.3, -0.25) is 9.59 Å². The van der Waals surface area contributed by atoms with Crippen LogP contribution in [0.4, 0.5) is 0 Å². The molecule has 7 fully saturated rings. The van der Waals surface area contributed by atoms with Crippen LogP contribution in [0.25, 0.3) is 0 Å². The number of allylic oxidation sites excluding steroid dienone is 1. The molecule has 3 saturated carbocycles. The quantitative estimate of drug-likeness (QED) is 0.0275. The van der Waals surface area contributed by atoms with Crippen molar-refractivity contribution in [1.82, 2.24) is 0 Å². The predicted molar refractivity (Wildman–Crippen MR) is 278 cm³/mol. The minimum Gasteiger partial charge on any atom is -0.463 e. The van der Waals surface area contributed by atoms with Crippen LogP contribution < -0.4 is 0 Å². The Morgan fingerprint density at radius 1 is 0.614 bits per heavy atom. The van der Waals surface area contributed by atoms with Crippen LogP contribution in [0.15, 0.2) is 22.8 Å². The summed E-state index contributed by atoms with van der Waals surface area (Å²) in [6, 6.07) is 0. The van der Waals surface area contributed by atoms with Gasteiger partial charge in [0, 0.05) is 31.3 Å². The van der Waals surface area contributed by atoms with E-state index in [4.69, 9.17) is 47.4 Å². The van der Waals surface area contributed by atoms with Crippen molar-refractivity contribution in [3.05, 3.63) is 22.8 Å². The van der Waals surface area contributed by atoms with Gasteiger partial charge in [0.1, 0.15) is 105 Å². The van der Waals surface area contributed by atoms with Gasteiger partial charge in [0.25, 0.3) is 0 Å². The van der Waals surface area contributed by atoms with Crippen LogP contribution in [0, 0.1) is 40.4 Å². The van der Waals surface area contributed by atoms with E-state index >= 15 is 0 Å². The summed E-state index contributed by atoms with van der Waals surface area (Å²) in [4.78, 5) is 37.9. The van der Waals surface area contributed by atoms with Crippen molar-refractivity contribution in [3.8, 4) is 0 Å². The van der Waals surface area contributed by atoms with E-state index in [2.05, 4.69) is 19.9 Å². The standard InChI is InChI=1S/C56H88O27/c1-21(14-32(61)23(3)29-10-11-30-28-9-8-26-15-27(76-51-45(70)41(66)38(63)33(17-57)77-51)16-37(62)56(26,7)31(28)12-13-55(29,30)6)22(2)50(73)83-54-49(43(68)40(65)35(79-54)19-74-24(4)59)82-53-47(72)44(69)48(36(80-53)20-75-25(5)60)81-52-46(71)42(67)39(64)34(18-58)78-52/h8,23,27-49,51-54,57-58,61-72H,9-20H2,1-7H3/b22-21+/t23-,27+,28+,29+,30+,31-,32-,33+,34+,35+,36+,37-,38+,39+,40+,41-,42-,43-,44+,45+,46+,47+,48+,49+,51+,52-,53-,54-,55+,56-/m1/s1. The maximum atomic E-state index is 14.1. The largest absolute Gasteiger partial charge is 0.463 e. The molecule has 83 heavy (non-hydrogen) atoms. The molecule has 27 heteroatoms. The topological polar surface area (TPSA) is 427 Å². The van der Waals surface area contributed by atoms with Gasteiger partial charge in [0.15, 0.2) is 25.0 Å². The molecule has 0 radical (unpaired) electrons. The second-order valence-electron chi connectivity index (χ2n) is 24.8. The van der Waals surface area contributed by atoms with Crippen molar-refractivity contribution in [2.45, 2.75) is 241 Å². The Labute approximate surface area is 480 Å². The van der Waals surface area contributed by atoms with Gasteiger partial charge in [-0.1, -0.05) is 38.0 Å². The third-order valence-electron chi connectivity index (χ3n) is 20.0. The first-order valence-corrected chi connectivity index (χ1v) is 28.9. The Kier molecular flexibility index (Phi) is 21.3. The summed E-state index contributed by atoms with van der Waals surface area (Å²) in [6.07, 6.45) is -30.0. The Balaban J connectivity index is 0.929. The van der Waals surface area contributed by atoms with Gasteiger partial charge in [-0.05, 0) is 93.8 Å². The van der Waals surface area contributed by atoms with Crippen LogP contribution in [0.2, 0.25) is 0 Å². The second-order valence-corrected chi connectivity index (χ2v) is 24.8. The van der Waals surface area contributed by atoms with Gasteiger partial charge < -0.3 is 119 Å². The summed E-state index contributed by atoms with van der Waals surface area (Å²) in [6.45, 7) is 8.92. The van der Waals surface area contributed by atoms with Crippen molar-refractivity contribution < 1.29 is 133 Å². The molecule has 8 rings (SSSR count). The Bertz CT molecular complexity index is 2300. The molecular formula is C56H88O27. The molecule has 4 saturated heterocycles. The third kappa shape index (κ3) is 13.1. The van der Waals surface area contributed by atoms with Crippen molar-refractivity contribution in [2.24, 2.45) is 40.4 Å². The Morgan fingerprint density at radius 2 is 1.12 bits per heavy atom. The van der Waals surface area contributed by atoms with Crippen LogP contribution in [-0.2, 0) is 61.8 Å². The number of carbonyl (C=O) groups is 3. The Hall–Kier alpha value is -2.95. The van der Waals surface area contributed by atoms with Gasteiger partial charge in [0.05, 0.1) is 31.5 Å². The highest BCUT2D eigenvalue weighted by Crippen LogP contribution is 2.67. The number of hydrogen-bond acceptors (Lipinski definition) is 27. The zero-order chi connectivity index (χ0) is 60.9. The highest BCUT2D eigenvalue weighted by atomic mass is 16.8. The summed E-state index contributed by atoms with van der Waals surface area (Å²) in [5, 5.41) is 152. The SMILES string of the molecule is CC(=O)OC[C@@H]1O[C@H](OC(=O)/C(C)=C(\C)C[C@@H](O)[C@H](C)[C@@H]2CC[C@H]3[C@@H]4CC=C5C[C@H](O[C@H]6O[C@@H](CO)[C@H](O)[C@@H](O)[C@@H]6O)C[C@@H](O)[C@@]5(C)[C@@H]4CC[C@@]23C)[C@@H](O[C@H]2O[C@@H](COC(C)=O)[C@H](O[C@H]3O[C@@H](CO)[C@H](O)[C@@H](O)[C@@H]3O)[C@@H](O)[C@@H]2O)[C@H](O)[C@H]1O.